The Labute approximate surface area is 104 Å². The highest BCUT2D eigenvalue weighted by molar-refractivity contribution is 5.81. The minimum absolute atomic E-state index is 0.0580. The summed E-state index contributed by atoms with van der Waals surface area (Å²) in [6.07, 6.45) is -5.20. The highest BCUT2D eigenvalue weighted by Gasteiger charge is 2.26. The second-order valence-electron chi connectivity index (χ2n) is 4.00. The van der Waals surface area contributed by atoms with Gasteiger partial charge in [0.05, 0.1) is 7.11 Å². The van der Waals surface area contributed by atoms with E-state index in [1.54, 1.807) is 24.3 Å². The lowest BCUT2D eigenvalue weighted by molar-refractivity contribution is -0.137. The molecule has 5 heteroatoms. The van der Waals surface area contributed by atoms with E-state index in [-0.39, 0.29) is 25.0 Å². The van der Waals surface area contributed by atoms with Crippen molar-refractivity contribution in [2.45, 2.75) is 31.9 Å². The van der Waals surface area contributed by atoms with Crippen LogP contribution in [0.15, 0.2) is 24.3 Å². The molecule has 100 valence electrons. The van der Waals surface area contributed by atoms with Gasteiger partial charge in [0.25, 0.3) is 0 Å². The largest absolute Gasteiger partial charge is 0.496 e. The van der Waals surface area contributed by atoms with Crippen molar-refractivity contribution in [1.29, 1.82) is 0 Å². The third kappa shape index (κ3) is 5.21. The van der Waals surface area contributed by atoms with Gasteiger partial charge < -0.3 is 4.74 Å². The van der Waals surface area contributed by atoms with E-state index in [1.165, 1.54) is 7.11 Å². The van der Waals surface area contributed by atoms with Crippen LogP contribution in [-0.4, -0.2) is 19.1 Å². The molecule has 0 aliphatic carbocycles. The number of ketones is 1. The van der Waals surface area contributed by atoms with Crippen LogP contribution >= 0.6 is 0 Å². The molecule has 0 unspecified atom stereocenters. The predicted molar refractivity (Wildman–Crippen MR) is 61.6 cm³/mol. The van der Waals surface area contributed by atoms with Crippen LogP contribution in [0.4, 0.5) is 13.2 Å². The van der Waals surface area contributed by atoms with Gasteiger partial charge in [-0.3, -0.25) is 4.79 Å². The molecular formula is C13H15F3O2. The van der Waals surface area contributed by atoms with Crippen LogP contribution in [0.1, 0.15) is 24.8 Å². The zero-order chi connectivity index (χ0) is 13.6. The molecule has 1 rings (SSSR count). The molecule has 1 aromatic rings. The zero-order valence-electron chi connectivity index (χ0n) is 10.1. The van der Waals surface area contributed by atoms with Crippen LogP contribution in [0.5, 0.6) is 5.75 Å². The fraction of sp³-hybridized carbons (Fsp3) is 0.462. The molecule has 0 aromatic heterocycles. The first-order valence-corrected chi connectivity index (χ1v) is 5.63. The Morgan fingerprint density at radius 1 is 1.28 bits per heavy atom. The van der Waals surface area contributed by atoms with Crippen molar-refractivity contribution in [3.05, 3.63) is 29.8 Å². The van der Waals surface area contributed by atoms with Crippen LogP contribution in [0.2, 0.25) is 0 Å². The van der Waals surface area contributed by atoms with Gasteiger partial charge in [-0.2, -0.15) is 13.2 Å². The average Bonchev–Trinajstić information content (AvgIpc) is 2.28. The number of alkyl halides is 3. The van der Waals surface area contributed by atoms with Crippen LogP contribution in [-0.2, 0) is 11.2 Å². The summed E-state index contributed by atoms with van der Waals surface area (Å²) >= 11 is 0. The van der Waals surface area contributed by atoms with Crippen molar-refractivity contribution in [3.63, 3.8) is 0 Å². The third-order valence-corrected chi connectivity index (χ3v) is 2.50. The molecule has 1 aromatic carbocycles. The van der Waals surface area contributed by atoms with Crippen molar-refractivity contribution in [3.8, 4) is 5.75 Å². The highest BCUT2D eigenvalue weighted by Crippen LogP contribution is 2.23. The summed E-state index contributed by atoms with van der Waals surface area (Å²) in [5.74, 6) is 0.380. The van der Waals surface area contributed by atoms with Gasteiger partial charge in [0, 0.05) is 24.8 Å². The molecular weight excluding hydrogens is 245 g/mol. The van der Waals surface area contributed by atoms with Gasteiger partial charge in [-0.05, 0) is 12.5 Å². The average molecular weight is 260 g/mol. The monoisotopic (exact) mass is 260 g/mol. The van der Waals surface area contributed by atoms with Gasteiger partial charge in [-0.1, -0.05) is 18.2 Å². The van der Waals surface area contributed by atoms with Gasteiger partial charge in [-0.25, -0.2) is 0 Å². The van der Waals surface area contributed by atoms with E-state index in [4.69, 9.17) is 4.74 Å². The van der Waals surface area contributed by atoms with E-state index >= 15 is 0 Å². The quantitative estimate of drug-likeness (QED) is 0.782. The molecule has 0 atom stereocenters. The van der Waals surface area contributed by atoms with Crippen LogP contribution < -0.4 is 4.74 Å². The van der Waals surface area contributed by atoms with Crippen molar-refractivity contribution < 1.29 is 22.7 Å². The minimum Gasteiger partial charge on any atom is -0.496 e. The Hall–Kier alpha value is -1.52. The van der Waals surface area contributed by atoms with Crippen molar-refractivity contribution >= 4 is 5.78 Å². The summed E-state index contributed by atoms with van der Waals surface area (Å²) in [6, 6.07) is 7.00. The molecule has 0 amide bonds. The number of benzene rings is 1. The molecule has 0 aliphatic heterocycles. The van der Waals surface area contributed by atoms with Crippen LogP contribution in [0, 0.1) is 0 Å². The smallest absolute Gasteiger partial charge is 0.389 e. The van der Waals surface area contributed by atoms with Crippen LogP contribution in [0.25, 0.3) is 0 Å². The number of carbonyl (C=O) groups excluding carboxylic acids is 1. The second-order valence-corrected chi connectivity index (χ2v) is 4.00. The fourth-order valence-corrected chi connectivity index (χ4v) is 1.64. The summed E-state index contributed by atoms with van der Waals surface area (Å²) in [6.45, 7) is 0. The number of methoxy groups -OCH3 is 1. The summed E-state index contributed by atoms with van der Waals surface area (Å²) in [5, 5.41) is 0. The maximum atomic E-state index is 11.9. The lowest BCUT2D eigenvalue weighted by atomic mass is 10.0. The number of rotatable bonds is 6. The van der Waals surface area contributed by atoms with Gasteiger partial charge in [-0.15, -0.1) is 0 Å². The number of hydrogen-bond acceptors (Lipinski definition) is 2. The molecule has 0 fully saturated rings. The Balaban J connectivity index is 2.45. The van der Waals surface area contributed by atoms with Gasteiger partial charge in [0.1, 0.15) is 11.5 Å². The van der Waals surface area contributed by atoms with Crippen LogP contribution in [0.3, 0.4) is 0 Å². The third-order valence-electron chi connectivity index (χ3n) is 2.50. The first-order valence-electron chi connectivity index (χ1n) is 5.63. The van der Waals surface area contributed by atoms with E-state index < -0.39 is 12.6 Å². The molecule has 18 heavy (non-hydrogen) atoms. The summed E-state index contributed by atoms with van der Waals surface area (Å²) < 4.78 is 40.8. The Morgan fingerprint density at radius 3 is 2.56 bits per heavy atom. The molecule has 0 N–H and O–H groups in total. The molecule has 0 radical (unpaired) electrons. The maximum absolute atomic E-state index is 11.9. The van der Waals surface area contributed by atoms with Crippen molar-refractivity contribution in [2.24, 2.45) is 0 Å². The molecule has 0 spiro atoms. The number of halogens is 3. The van der Waals surface area contributed by atoms with Crippen molar-refractivity contribution in [1.82, 2.24) is 0 Å². The first-order chi connectivity index (χ1) is 8.42. The first kappa shape index (κ1) is 14.5. The van der Waals surface area contributed by atoms with E-state index in [1.807, 2.05) is 0 Å². The lowest BCUT2D eigenvalue weighted by Crippen LogP contribution is -2.09. The van der Waals surface area contributed by atoms with E-state index in [0.29, 0.717) is 11.3 Å². The zero-order valence-corrected chi connectivity index (χ0v) is 10.1. The number of para-hydroxylation sites is 1. The predicted octanol–water partition coefficient (Wildman–Crippen LogP) is 3.54. The van der Waals surface area contributed by atoms with E-state index in [2.05, 4.69) is 0 Å². The molecule has 0 saturated heterocycles. The lowest BCUT2D eigenvalue weighted by Gasteiger charge is -2.08. The topological polar surface area (TPSA) is 26.3 Å². The normalized spacial score (nSPS) is 11.3. The maximum Gasteiger partial charge on any atom is 0.389 e. The molecule has 0 aliphatic rings. The summed E-state index contributed by atoms with van der Waals surface area (Å²) in [7, 11) is 1.49. The summed E-state index contributed by atoms with van der Waals surface area (Å²) in [4.78, 5) is 11.5. The molecule has 0 saturated carbocycles. The SMILES string of the molecule is COc1ccccc1CC(=O)CCCC(F)(F)F. The Bertz CT molecular complexity index is 399. The molecule has 2 nitrogen and oxygen atoms in total. The van der Waals surface area contributed by atoms with E-state index in [0.717, 1.165) is 0 Å². The Morgan fingerprint density at radius 2 is 1.94 bits per heavy atom. The standard InChI is InChI=1S/C13H15F3O2/c1-18-12-7-3-2-5-10(12)9-11(17)6-4-8-13(14,15)16/h2-3,5,7H,4,6,8-9H2,1H3. The second kappa shape index (κ2) is 6.42. The molecule has 0 heterocycles. The van der Waals surface area contributed by atoms with E-state index in [9.17, 15) is 18.0 Å². The Kier molecular flexibility index (Phi) is 5.19. The highest BCUT2D eigenvalue weighted by atomic mass is 19.4. The molecule has 0 bridgehead atoms. The fourth-order valence-electron chi connectivity index (χ4n) is 1.64. The number of carbonyl (C=O) groups is 1. The number of Topliss-reactive ketones (excluding diaryl/α,β-unsaturated/α-hetero) is 1. The number of hydrogen-bond donors (Lipinski definition) is 0. The summed E-state index contributed by atoms with van der Waals surface area (Å²) in [5.41, 5.74) is 0.706. The number of ether oxygens (including phenoxy) is 1. The minimum atomic E-state index is -4.19. The van der Waals surface area contributed by atoms with Gasteiger partial charge in [0.2, 0.25) is 0 Å². The van der Waals surface area contributed by atoms with Gasteiger partial charge in [0.15, 0.2) is 0 Å². The van der Waals surface area contributed by atoms with Gasteiger partial charge >= 0.3 is 6.18 Å². The van der Waals surface area contributed by atoms with Crippen molar-refractivity contribution in [2.75, 3.05) is 7.11 Å².